The first-order valence-electron chi connectivity index (χ1n) is 9.19. The summed E-state index contributed by atoms with van der Waals surface area (Å²) in [5.41, 5.74) is 4.56. The molecule has 1 aromatic carbocycles. The van der Waals surface area contributed by atoms with E-state index in [1.807, 2.05) is 32.9 Å². The van der Waals surface area contributed by atoms with Crippen molar-refractivity contribution in [1.29, 1.82) is 0 Å². The van der Waals surface area contributed by atoms with Crippen molar-refractivity contribution >= 4 is 11.7 Å². The number of aryl methyl sites for hydroxylation is 4. The molecule has 1 unspecified atom stereocenters. The lowest BCUT2D eigenvalue weighted by molar-refractivity contribution is -0.389. The fourth-order valence-corrected chi connectivity index (χ4v) is 3.30. The van der Waals surface area contributed by atoms with Crippen LogP contribution in [-0.2, 0) is 6.54 Å². The van der Waals surface area contributed by atoms with Crippen LogP contribution >= 0.6 is 0 Å². The highest BCUT2D eigenvalue weighted by Gasteiger charge is 2.25. The molecule has 3 rings (SSSR count). The van der Waals surface area contributed by atoms with Gasteiger partial charge in [0.2, 0.25) is 0 Å². The number of amides is 1. The van der Waals surface area contributed by atoms with Crippen molar-refractivity contribution < 1.29 is 14.2 Å². The number of hydrogen-bond acceptors (Lipinski definition) is 6. The summed E-state index contributed by atoms with van der Waals surface area (Å²) in [4.78, 5) is 23.3. The van der Waals surface area contributed by atoms with Gasteiger partial charge in [0.05, 0.1) is 35.0 Å². The molecule has 1 amide bonds. The number of aromatic nitrogens is 3. The molecule has 9 heteroatoms. The van der Waals surface area contributed by atoms with Crippen LogP contribution in [0, 0.1) is 37.8 Å². The van der Waals surface area contributed by atoms with Crippen molar-refractivity contribution in [2.24, 2.45) is 0 Å². The summed E-state index contributed by atoms with van der Waals surface area (Å²) in [6.07, 6.45) is 0. The molecule has 9 nitrogen and oxygen atoms in total. The largest absolute Gasteiger partial charge is 0.390 e. The van der Waals surface area contributed by atoms with E-state index in [2.05, 4.69) is 21.6 Å². The first-order chi connectivity index (χ1) is 13.7. The van der Waals surface area contributed by atoms with E-state index < -0.39 is 4.92 Å². The molecule has 0 spiro atoms. The Labute approximate surface area is 167 Å². The molecule has 29 heavy (non-hydrogen) atoms. The van der Waals surface area contributed by atoms with E-state index in [9.17, 15) is 14.9 Å². The van der Waals surface area contributed by atoms with Gasteiger partial charge in [0.15, 0.2) is 5.69 Å². The van der Waals surface area contributed by atoms with Crippen LogP contribution < -0.4 is 5.32 Å². The maximum Gasteiger partial charge on any atom is 0.390 e. The Bertz CT molecular complexity index is 1080. The molecule has 2 heterocycles. The highest BCUT2D eigenvalue weighted by atomic mass is 16.6. The number of carbonyl (C=O) groups is 1. The molecule has 3 aromatic rings. The van der Waals surface area contributed by atoms with Gasteiger partial charge in [-0.25, -0.2) is 0 Å². The van der Waals surface area contributed by atoms with Gasteiger partial charge in [-0.1, -0.05) is 28.9 Å². The Hall–Kier alpha value is -3.49. The third kappa shape index (κ3) is 4.18. The first kappa shape index (κ1) is 20.2. The maximum absolute atomic E-state index is 12.9. The minimum Gasteiger partial charge on any atom is -0.361 e. The Morgan fingerprint density at radius 1 is 1.28 bits per heavy atom. The second kappa shape index (κ2) is 7.86. The average Bonchev–Trinajstić information content (AvgIpc) is 3.19. The molecule has 0 saturated heterocycles. The summed E-state index contributed by atoms with van der Waals surface area (Å²) in [5, 5.41) is 21.8. The quantitative estimate of drug-likeness (QED) is 0.502. The molecule has 0 bridgehead atoms. The Kier molecular flexibility index (Phi) is 5.49. The molecule has 152 valence electrons. The summed E-state index contributed by atoms with van der Waals surface area (Å²) in [6, 6.07) is 7.23. The number of nitrogens with one attached hydrogen (secondary N) is 1. The van der Waals surface area contributed by atoms with Crippen molar-refractivity contribution in [3.63, 3.8) is 0 Å². The lowest BCUT2D eigenvalue weighted by Crippen LogP contribution is -2.28. The smallest absolute Gasteiger partial charge is 0.361 e. The van der Waals surface area contributed by atoms with Gasteiger partial charge in [-0.2, -0.15) is 4.68 Å². The predicted octanol–water partition coefficient (Wildman–Crippen LogP) is 3.55. The van der Waals surface area contributed by atoms with E-state index in [0.717, 1.165) is 16.7 Å². The van der Waals surface area contributed by atoms with Gasteiger partial charge in [0.25, 0.3) is 5.91 Å². The van der Waals surface area contributed by atoms with Crippen LogP contribution in [-0.4, -0.2) is 25.8 Å². The molecule has 2 aromatic heterocycles. The van der Waals surface area contributed by atoms with Gasteiger partial charge in [0.1, 0.15) is 5.76 Å². The van der Waals surface area contributed by atoms with Gasteiger partial charge in [-0.15, -0.1) is 0 Å². The van der Waals surface area contributed by atoms with Gasteiger partial charge in [-0.3, -0.25) is 4.79 Å². The minimum absolute atomic E-state index is 0.149. The van der Waals surface area contributed by atoms with E-state index in [4.69, 9.17) is 4.52 Å². The predicted molar refractivity (Wildman–Crippen MR) is 106 cm³/mol. The van der Waals surface area contributed by atoms with E-state index in [-0.39, 0.29) is 30.0 Å². The maximum atomic E-state index is 12.9. The minimum atomic E-state index is -0.552. The molecule has 0 aliphatic rings. The van der Waals surface area contributed by atoms with Crippen molar-refractivity contribution in [2.45, 2.75) is 47.2 Å². The normalized spacial score (nSPS) is 12.0. The SMILES string of the molecule is Cc1ccc(C(C)NC(=O)c2noc(C)c2Cn2nc([N+](=O)[O-])cc2C)c(C)c1. The van der Waals surface area contributed by atoms with Crippen LogP contribution in [0.5, 0.6) is 0 Å². The second-order valence-corrected chi connectivity index (χ2v) is 7.18. The van der Waals surface area contributed by atoms with Crippen molar-refractivity contribution in [3.05, 3.63) is 73.8 Å². The van der Waals surface area contributed by atoms with Gasteiger partial charge in [-0.05, 0) is 50.7 Å². The second-order valence-electron chi connectivity index (χ2n) is 7.18. The summed E-state index contributed by atoms with van der Waals surface area (Å²) in [6.45, 7) is 9.49. The molecule has 0 fully saturated rings. The first-order valence-corrected chi connectivity index (χ1v) is 9.19. The van der Waals surface area contributed by atoms with E-state index in [0.29, 0.717) is 17.0 Å². The third-order valence-corrected chi connectivity index (χ3v) is 4.90. The topological polar surface area (TPSA) is 116 Å². The highest BCUT2D eigenvalue weighted by molar-refractivity contribution is 5.94. The zero-order chi connectivity index (χ0) is 21.3. The fraction of sp³-hybridized carbons (Fsp3) is 0.350. The molecule has 0 radical (unpaired) electrons. The van der Waals surface area contributed by atoms with Gasteiger partial charge >= 0.3 is 5.82 Å². The lowest BCUT2D eigenvalue weighted by Gasteiger charge is -2.16. The molecule has 1 N–H and O–H groups in total. The van der Waals surface area contributed by atoms with Crippen molar-refractivity contribution in [2.75, 3.05) is 0 Å². The molecule has 0 saturated carbocycles. The number of carbonyl (C=O) groups excluding carboxylic acids is 1. The average molecular weight is 397 g/mol. The summed E-state index contributed by atoms with van der Waals surface area (Å²) in [7, 11) is 0. The van der Waals surface area contributed by atoms with Crippen LogP contribution in [0.4, 0.5) is 5.82 Å². The molecular formula is C20H23N5O4. The zero-order valence-corrected chi connectivity index (χ0v) is 17.0. The highest BCUT2D eigenvalue weighted by Crippen LogP contribution is 2.21. The van der Waals surface area contributed by atoms with E-state index >= 15 is 0 Å². The van der Waals surface area contributed by atoms with Crippen LogP contribution in [0.2, 0.25) is 0 Å². The van der Waals surface area contributed by atoms with Crippen LogP contribution in [0.25, 0.3) is 0 Å². The van der Waals surface area contributed by atoms with E-state index in [1.165, 1.54) is 10.7 Å². The molecular weight excluding hydrogens is 374 g/mol. The van der Waals surface area contributed by atoms with Crippen molar-refractivity contribution in [3.8, 4) is 0 Å². The number of hydrogen-bond donors (Lipinski definition) is 1. The monoisotopic (exact) mass is 397 g/mol. The summed E-state index contributed by atoms with van der Waals surface area (Å²) >= 11 is 0. The Morgan fingerprint density at radius 2 is 2.00 bits per heavy atom. The summed E-state index contributed by atoms with van der Waals surface area (Å²) in [5.74, 6) is -0.151. The fourth-order valence-electron chi connectivity index (χ4n) is 3.30. The number of benzene rings is 1. The zero-order valence-electron chi connectivity index (χ0n) is 17.0. The Morgan fingerprint density at radius 3 is 2.62 bits per heavy atom. The Balaban J connectivity index is 1.83. The summed E-state index contributed by atoms with van der Waals surface area (Å²) < 4.78 is 6.68. The number of nitro groups is 1. The molecule has 1 atom stereocenters. The van der Waals surface area contributed by atoms with Gasteiger partial charge < -0.3 is 20.0 Å². The van der Waals surface area contributed by atoms with Gasteiger partial charge in [0, 0.05) is 0 Å². The van der Waals surface area contributed by atoms with Crippen LogP contribution in [0.1, 0.15) is 57.2 Å². The van der Waals surface area contributed by atoms with Crippen LogP contribution in [0.15, 0.2) is 28.8 Å². The third-order valence-electron chi connectivity index (χ3n) is 4.90. The van der Waals surface area contributed by atoms with E-state index in [1.54, 1.807) is 13.8 Å². The van der Waals surface area contributed by atoms with Crippen molar-refractivity contribution in [1.82, 2.24) is 20.3 Å². The van der Waals surface area contributed by atoms with Crippen LogP contribution in [0.3, 0.4) is 0 Å². The molecule has 0 aliphatic heterocycles. The molecule has 0 aliphatic carbocycles. The standard InChI is InChI=1S/C20H23N5O4/c1-11-6-7-16(12(2)8-11)14(4)21-20(26)19-17(15(5)29-23-19)10-24-13(3)9-18(22-24)25(27)28/h6-9,14H,10H2,1-5H3,(H,21,26). The number of nitrogens with zero attached hydrogens (tertiary/aromatic N) is 4. The lowest BCUT2D eigenvalue weighted by atomic mass is 10.00. The number of rotatable bonds is 6.